The van der Waals surface area contributed by atoms with Gasteiger partial charge in [0, 0.05) is 12.5 Å². The molecule has 0 bridgehead atoms. The van der Waals surface area contributed by atoms with Crippen molar-refractivity contribution in [1.29, 1.82) is 0 Å². The minimum Gasteiger partial charge on any atom is -0.352 e. The maximum Gasteiger partial charge on any atom is 0.291 e. The molecule has 138 valence electrons. The Bertz CT molecular complexity index is 1010. The van der Waals surface area contributed by atoms with Crippen molar-refractivity contribution in [2.75, 3.05) is 0 Å². The summed E-state index contributed by atoms with van der Waals surface area (Å²) in [6.45, 7) is 4.25. The third kappa shape index (κ3) is 3.05. The third-order valence-corrected chi connectivity index (χ3v) is 6.21. The summed E-state index contributed by atoms with van der Waals surface area (Å²) in [5, 5.41) is 9.57. The van der Waals surface area contributed by atoms with Gasteiger partial charge in [-0.1, -0.05) is 13.8 Å². The zero-order valence-electron chi connectivity index (χ0n) is 15.2. The van der Waals surface area contributed by atoms with Gasteiger partial charge in [-0.15, -0.1) is 11.3 Å². The molecule has 3 aromatic rings. The van der Waals surface area contributed by atoms with Crippen molar-refractivity contribution >= 4 is 33.0 Å². The Balaban J connectivity index is 1.61. The first kappa shape index (κ1) is 17.3. The second-order valence-corrected chi connectivity index (χ2v) is 8.24. The van der Waals surface area contributed by atoms with Crippen molar-refractivity contribution in [2.24, 2.45) is 5.92 Å². The van der Waals surface area contributed by atoms with Crippen LogP contribution in [0.5, 0.6) is 0 Å². The average Bonchev–Trinajstić information content (AvgIpc) is 3.21. The molecule has 7 heteroatoms. The Labute approximate surface area is 155 Å². The standard InChI is InChI=1S/C19H24N4O2S/c1-3-17-21-22(11-18(24)20-13-6-4-12(2)5-7-13)19(25)15-10-16-14(23(15)17)8-9-26-16/h8-10,12-13H,3-7,11H2,1-2H3,(H,20,24). The van der Waals surface area contributed by atoms with E-state index in [2.05, 4.69) is 17.3 Å². The van der Waals surface area contributed by atoms with Crippen LogP contribution in [0.25, 0.3) is 15.7 Å². The first-order valence-electron chi connectivity index (χ1n) is 9.34. The zero-order valence-corrected chi connectivity index (χ0v) is 16.0. The van der Waals surface area contributed by atoms with Gasteiger partial charge in [0.25, 0.3) is 5.56 Å². The molecule has 0 atom stereocenters. The molecule has 0 radical (unpaired) electrons. The van der Waals surface area contributed by atoms with E-state index in [1.807, 2.05) is 28.8 Å². The fourth-order valence-electron chi connectivity index (χ4n) is 3.87. The molecule has 1 aliphatic carbocycles. The van der Waals surface area contributed by atoms with Gasteiger partial charge in [0.05, 0.1) is 10.2 Å². The predicted molar refractivity (Wildman–Crippen MR) is 104 cm³/mol. The summed E-state index contributed by atoms with van der Waals surface area (Å²) < 4.78 is 4.31. The summed E-state index contributed by atoms with van der Waals surface area (Å²) >= 11 is 1.61. The Morgan fingerprint density at radius 1 is 1.31 bits per heavy atom. The number of rotatable bonds is 4. The molecule has 1 aliphatic rings. The number of carbonyl (C=O) groups is 1. The quantitative estimate of drug-likeness (QED) is 0.765. The molecule has 0 saturated heterocycles. The highest BCUT2D eigenvalue weighted by molar-refractivity contribution is 7.17. The first-order valence-corrected chi connectivity index (χ1v) is 10.2. The number of thiophene rings is 1. The van der Waals surface area contributed by atoms with E-state index in [1.165, 1.54) is 4.68 Å². The molecule has 0 aromatic carbocycles. The lowest BCUT2D eigenvalue weighted by molar-refractivity contribution is -0.122. The number of hydrogen-bond acceptors (Lipinski definition) is 4. The van der Waals surface area contributed by atoms with Gasteiger partial charge in [-0.3, -0.25) is 14.0 Å². The molecule has 0 unspecified atom stereocenters. The fourth-order valence-corrected chi connectivity index (χ4v) is 4.68. The Morgan fingerprint density at radius 3 is 2.81 bits per heavy atom. The van der Waals surface area contributed by atoms with E-state index < -0.39 is 0 Å². The second kappa shape index (κ2) is 6.87. The first-order chi connectivity index (χ1) is 12.6. The predicted octanol–water partition coefficient (Wildman–Crippen LogP) is 2.97. The van der Waals surface area contributed by atoms with Crippen molar-refractivity contribution < 1.29 is 4.79 Å². The van der Waals surface area contributed by atoms with Gasteiger partial charge in [0.2, 0.25) is 5.91 Å². The van der Waals surface area contributed by atoms with Crippen LogP contribution in [0.15, 0.2) is 22.3 Å². The highest BCUT2D eigenvalue weighted by Gasteiger charge is 2.21. The summed E-state index contributed by atoms with van der Waals surface area (Å²) in [7, 11) is 0. The number of aromatic nitrogens is 3. The fraction of sp³-hybridized carbons (Fsp3) is 0.526. The molecule has 1 amide bonds. The average molecular weight is 372 g/mol. The van der Waals surface area contributed by atoms with Crippen molar-refractivity contribution in [2.45, 2.75) is 58.5 Å². The second-order valence-electron chi connectivity index (χ2n) is 7.29. The molecule has 3 heterocycles. The van der Waals surface area contributed by atoms with Gasteiger partial charge >= 0.3 is 0 Å². The van der Waals surface area contributed by atoms with Gasteiger partial charge in [-0.2, -0.15) is 5.10 Å². The summed E-state index contributed by atoms with van der Waals surface area (Å²) in [4.78, 5) is 25.3. The van der Waals surface area contributed by atoms with E-state index in [9.17, 15) is 9.59 Å². The molecule has 6 nitrogen and oxygen atoms in total. The van der Waals surface area contributed by atoms with Crippen LogP contribution in [0.3, 0.4) is 0 Å². The minimum absolute atomic E-state index is 0.0206. The molecule has 1 N–H and O–H groups in total. The van der Waals surface area contributed by atoms with E-state index >= 15 is 0 Å². The molecular formula is C19H24N4O2S. The normalized spacial score (nSPS) is 20.7. The lowest BCUT2D eigenvalue weighted by atomic mass is 9.87. The van der Waals surface area contributed by atoms with Crippen LogP contribution in [0, 0.1) is 5.92 Å². The molecule has 0 spiro atoms. The number of aryl methyl sites for hydroxylation is 1. The minimum atomic E-state index is -0.210. The van der Waals surface area contributed by atoms with Crippen molar-refractivity contribution in [3.8, 4) is 0 Å². The summed E-state index contributed by atoms with van der Waals surface area (Å²) in [6, 6.07) is 4.14. The van der Waals surface area contributed by atoms with E-state index in [4.69, 9.17) is 0 Å². The van der Waals surface area contributed by atoms with Crippen molar-refractivity contribution in [3.63, 3.8) is 0 Å². The molecule has 3 aromatic heterocycles. The van der Waals surface area contributed by atoms with Gasteiger partial charge < -0.3 is 5.32 Å². The summed E-state index contributed by atoms with van der Waals surface area (Å²) in [5.41, 5.74) is 1.40. The van der Waals surface area contributed by atoms with E-state index in [-0.39, 0.29) is 24.1 Å². The van der Waals surface area contributed by atoms with E-state index in [0.717, 1.165) is 47.6 Å². The lowest BCUT2D eigenvalue weighted by Gasteiger charge is -2.26. The number of hydrogen-bond donors (Lipinski definition) is 1. The topological polar surface area (TPSA) is 68.4 Å². The van der Waals surface area contributed by atoms with E-state index in [0.29, 0.717) is 11.9 Å². The zero-order chi connectivity index (χ0) is 18.3. The van der Waals surface area contributed by atoms with Crippen molar-refractivity contribution in [1.82, 2.24) is 19.5 Å². The van der Waals surface area contributed by atoms with Crippen LogP contribution in [0.4, 0.5) is 0 Å². The molecule has 1 saturated carbocycles. The lowest BCUT2D eigenvalue weighted by Crippen LogP contribution is -2.41. The Hall–Kier alpha value is -2.15. The number of carbonyl (C=O) groups excluding carboxylic acids is 1. The van der Waals surface area contributed by atoms with Crippen LogP contribution < -0.4 is 10.9 Å². The highest BCUT2D eigenvalue weighted by Crippen LogP contribution is 2.25. The number of fused-ring (bicyclic) bond motifs is 3. The van der Waals surface area contributed by atoms with Crippen LogP contribution >= 0.6 is 11.3 Å². The number of amides is 1. The van der Waals surface area contributed by atoms with Gasteiger partial charge in [0.15, 0.2) is 0 Å². The highest BCUT2D eigenvalue weighted by atomic mass is 32.1. The van der Waals surface area contributed by atoms with E-state index in [1.54, 1.807) is 11.3 Å². The molecular weight excluding hydrogens is 348 g/mol. The van der Waals surface area contributed by atoms with Gasteiger partial charge in [0.1, 0.15) is 17.9 Å². The molecule has 0 aliphatic heterocycles. The number of nitrogens with one attached hydrogen (secondary N) is 1. The Kier molecular flexibility index (Phi) is 4.56. The summed E-state index contributed by atoms with van der Waals surface area (Å²) in [6.07, 6.45) is 5.03. The smallest absolute Gasteiger partial charge is 0.291 e. The molecule has 4 rings (SSSR count). The van der Waals surface area contributed by atoms with Crippen LogP contribution in [-0.4, -0.2) is 26.1 Å². The molecule has 1 fully saturated rings. The third-order valence-electron chi connectivity index (χ3n) is 5.36. The maximum atomic E-state index is 12.8. The monoisotopic (exact) mass is 372 g/mol. The SMILES string of the molecule is CCc1nn(CC(=O)NC2CCC(C)CC2)c(=O)c2cc3sccc3n12. The van der Waals surface area contributed by atoms with Crippen LogP contribution in [0.2, 0.25) is 0 Å². The van der Waals surface area contributed by atoms with Gasteiger partial charge in [-0.25, -0.2) is 4.68 Å². The maximum absolute atomic E-state index is 12.8. The van der Waals surface area contributed by atoms with Crippen LogP contribution in [0.1, 0.15) is 45.4 Å². The van der Waals surface area contributed by atoms with Crippen LogP contribution in [-0.2, 0) is 17.8 Å². The largest absolute Gasteiger partial charge is 0.352 e. The van der Waals surface area contributed by atoms with Gasteiger partial charge in [-0.05, 0) is 49.1 Å². The van der Waals surface area contributed by atoms with Crippen molar-refractivity contribution in [3.05, 3.63) is 33.7 Å². The number of nitrogens with zero attached hydrogens (tertiary/aromatic N) is 3. The summed E-state index contributed by atoms with van der Waals surface area (Å²) in [5.74, 6) is 1.41. The Morgan fingerprint density at radius 2 is 2.08 bits per heavy atom. The molecule has 26 heavy (non-hydrogen) atoms.